The van der Waals surface area contributed by atoms with Crippen molar-refractivity contribution in [2.45, 2.75) is 45.3 Å². The van der Waals surface area contributed by atoms with E-state index in [0.29, 0.717) is 12.1 Å². The van der Waals surface area contributed by atoms with Crippen LogP contribution in [0.2, 0.25) is 0 Å². The first kappa shape index (κ1) is 15.6. The number of ether oxygens (including phenoxy) is 2. The predicted molar refractivity (Wildman–Crippen MR) is 90.5 cm³/mol. The molecular weight excluding hydrogens is 274 g/mol. The van der Waals surface area contributed by atoms with Gasteiger partial charge in [-0.15, -0.1) is 0 Å². The molecule has 0 aromatic heterocycles. The topological polar surface area (TPSA) is 21.7 Å². The molecule has 1 aromatic carbocycles. The summed E-state index contributed by atoms with van der Waals surface area (Å²) in [6, 6.07) is 4.72. The van der Waals surface area contributed by atoms with Crippen molar-refractivity contribution in [1.29, 1.82) is 0 Å². The van der Waals surface area contributed by atoms with Crippen molar-refractivity contribution in [3.05, 3.63) is 35.4 Å². The van der Waals surface area contributed by atoms with Crippen molar-refractivity contribution in [3.8, 4) is 5.75 Å². The van der Waals surface area contributed by atoms with E-state index in [2.05, 4.69) is 37.5 Å². The van der Waals surface area contributed by atoms with Crippen LogP contribution in [0.5, 0.6) is 5.75 Å². The average Bonchev–Trinajstić information content (AvgIpc) is 2.52. The Labute approximate surface area is 133 Å². The third kappa shape index (κ3) is 2.68. The summed E-state index contributed by atoms with van der Waals surface area (Å²) in [4.78, 5) is 2.60. The highest BCUT2D eigenvalue weighted by Gasteiger charge is 2.38. The first-order valence-corrected chi connectivity index (χ1v) is 8.36. The molecule has 1 saturated heterocycles. The molecule has 0 radical (unpaired) electrons. The van der Waals surface area contributed by atoms with Gasteiger partial charge in [-0.05, 0) is 49.1 Å². The van der Waals surface area contributed by atoms with E-state index in [0.717, 1.165) is 43.9 Å². The molecule has 0 amide bonds. The van der Waals surface area contributed by atoms with Crippen molar-refractivity contribution >= 4 is 5.57 Å². The number of nitrogens with zero attached hydrogens (tertiary/aromatic N) is 1. The first-order chi connectivity index (χ1) is 10.7. The number of morpholine rings is 1. The number of allylic oxidation sites excluding steroid dienone is 1. The second kappa shape index (κ2) is 6.43. The third-order valence-electron chi connectivity index (χ3n) is 5.01. The standard InChI is InChI=1S/C19H27NO2/c1-5-8-20-9-10-22-19-12-15-14(13(2)3)6-7-18(21-4)16(15)11-17(19)20/h6-7,17,19H,2,5,8-12H2,1,3-4H3/t17-,19-/m1/s1. The zero-order chi connectivity index (χ0) is 15.7. The summed E-state index contributed by atoms with van der Waals surface area (Å²) < 4.78 is 11.7. The van der Waals surface area contributed by atoms with Gasteiger partial charge in [0.15, 0.2) is 0 Å². The Balaban J connectivity index is 2.00. The van der Waals surface area contributed by atoms with Crippen molar-refractivity contribution in [2.75, 3.05) is 26.8 Å². The highest BCUT2D eigenvalue weighted by molar-refractivity contribution is 5.68. The van der Waals surface area contributed by atoms with Gasteiger partial charge in [0, 0.05) is 19.0 Å². The summed E-state index contributed by atoms with van der Waals surface area (Å²) >= 11 is 0. The minimum Gasteiger partial charge on any atom is -0.496 e. The average molecular weight is 301 g/mol. The third-order valence-corrected chi connectivity index (χ3v) is 5.01. The number of fused-ring (bicyclic) bond motifs is 2. The molecule has 3 rings (SSSR count). The Hall–Kier alpha value is -1.32. The first-order valence-electron chi connectivity index (χ1n) is 8.36. The van der Waals surface area contributed by atoms with E-state index in [4.69, 9.17) is 9.47 Å². The fourth-order valence-electron chi connectivity index (χ4n) is 3.98. The van der Waals surface area contributed by atoms with Gasteiger partial charge in [-0.3, -0.25) is 4.90 Å². The fraction of sp³-hybridized carbons (Fsp3) is 0.579. The number of hydrogen-bond acceptors (Lipinski definition) is 3. The zero-order valence-electron chi connectivity index (χ0n) is 14.0. The van der Waals surface area contributed by atoms with Gasteiger partial charge in [-0.1, -0.05) is 25.1 Å². The second-order valence-corrected chi connectivity index (χ2v) is 6.47. The Morgan fingerprint density at radius 2 is 2.18 bits per heavy atom. The molecule has 0 unspecified atom stereocenters. The fourth-order valence-corrected chi connectivity index (χ4v) is 3.98. The van der Waals surface area contributed by atoms with Crippen LogP contribution in [-0.4, -0.2) is 43.9 Å². The van der Waals surface area contributed by atoms with E-state index in [-0.39, 0.29) is 0 Å². The molecule has 120 valence electrons. The van der Waals surface area contributed by atoms with Gasteiger partial charge in [0.2, 0.25) is 0 Å². The maximum atomic E-state index is 6.11. The Kier molecular flexibility index (Phi) is 4.55. The van der Waals surface area contributed by atoms with Gasteiger partial charge in [0.1, 0.15) is 5.75 Å². The van der Waals surface area contributed by atoms with Crippen LogP contribution in [0.15, 0.2) is 18.7 Å². The number of hydrogen-bond donors (Lipinski definition) is 0. The summed E-state index contributed by atoms with van der Waals surface area (Å²) in [6.45, 7) is 11.5. The molecule has 0 N–H and O–H groups in total. The van der Waals surface area contributed by atoms with E-state index in [9.17, 15) is 0 Å². The number of methoxy groups -OCH3 is 1. The van der Waals surface area contributed by atoms with E-state index >= 15 is 0 Å². The van der Waals surface area contributed by atoms with Crippen LogP contribution >= 0.6 is 0 Å². The van der Waals surface area contributed by atoms with Crippen LogP contribution in [0.4, 0.5) is 0 Å². The van der Waals surface area contributed by atoms with Gasteiger partial charge in [-0.2, -0.15) is 0 Å². The lowest BCUT2D eigenvalue weighted by molar-refractivity contribution is -0.0741. The summed E-state index contributed by atoms with van der Waals surface area (Å²) in [5.74, 6) is 1.01. The smallest absolute Gasteiger partial charge is 0.122 e. The molecule has 2 atom stereocenters. The summed E-state index contributed by atoms with van der Waals surface area (Å²) in [5.41, 5.74) is 5.13. The van der Waals surface area contributed by atoms with Gasteiger partial charge < -0.3 is 9.47 Å². The quantitative estimate of drug-likeness (QED) is 0.851. The predicted octanol–water partition coefficient (Wildman–Crippen LogP) is 3.31. The van der Waals surface area contributed by atoms with Crippen LogP contribution in [0.1, 0.15) is 37.0 Å². The second-order valence-electron chi connectivity index (χ2n) is 6.47. The lowest BCUT2D eigenvalue weighted by atomic mass is 9.80. The van der Waals surface area contributed by atoms with Crippen LogP contribution in [0, 0.1) is 0 Å². The van der Waals surface area contributed by atoms with Crippen LogP contribution in [0.25, 0.3) is 5.57 Å². The molecule has 1 aliphatic carbocycles. The van der Waals surface area contributed by atoms with E-state index in [1.807, 2.05) is 0 Å². The molecule has 0 saturated carbocycles. The SMILES string of the molecule is C=C(C)c1ccc(OC)c2c1C[C@H]1OCCN(CCC)[C@@H]1C2. The normalized spacial score (nSPS) is 24.5. The molecule has 1 aliphatic heterocycles. The lowest BCUT2D eigenvalue weighted by Gasteiger charge is -2.45. The molecule has 3 heteroatoms. The van der Waals surface area contributed by atoms with Gasteiger partial charge in [0.25, 0.3) is 0 Å². The van der Waals surface area contributed by atoms with Crippen LogP contribution in [0.3, 0.4) is 0 Å². The minimum absolute atomic E-state index is 0.304. The highest BCUT2D eigenvalue weighted by atomic mass is 16.5. The Morgan fingerprint density at radius 3 is 2.86 bits per heavy atom. The van der Waals surface area contributed by atoms with Gasteiger partial charge in [0.05, 0.1) is 19.8 Å². The van der Waals surface area contributed by atoms with E-state index in [1.165, 1.54) is 23.1 Å². The van der Waals surface area contributed by atoms with Crippen LogP contribution < -0.4 is 4.74 Å². The molecule has 3 nitrogen and oxygen atoms in total. The van der Waals surface area contributed by atoms with Crippen molar-refractivity contribution in [3.63, 3.8) is 0 Å². The minimum atomic E-state index is 0.304. The molecular formula is C19H27NO2. The highest BCUT2D eigenvalue weighted by Crippen LogP contribution is 2.38. The molecule has 0 bridgehead atoms. The number of rotatable bonds is 4. The Bertz CT molecular complexity index is 565. The molecule has 1 fully saturated rings. The molecule has 22 heavy (non-hydrogen) atoms. The Morgan fingerprint density at radius 1 is 1.36 bits per heavy atom. The van der Waals surface area contributed by atoms with Crippen molar-refractivity contribution in [1.82, 2.24) is 4.90 Å². The van der Waals surface area contributed by atoms with Crippen molar-refractivity contribution in [2.24, 2.45) is 0 Å². The van der Waals surface area contributed by atoms with Crippen LogP contribution in [-0.2, 0) is 17.6 Å². The maximum absolute atomic E-state index is 6.11. The maximum Gasteiger partial charge on any atom is 0.122 e. The summed E-state index contributed by atoms with van der Waals surface area (Å²) in [7, 11) is 1.77. The van der Waals surface area contributed by atoms with Gasteiger partial charge >= 0.3 is 0 Å². The zero-order valence-corrected chi connectivity index (χ0v) is 14.0. The summed E-state index contributed by atoms with van der Waals surface area (Å²) in [5, 5.41) is 0. The molecule has 0 spiro atoms. The lowest BCUT2D eigenvalue weighted by Crippen LogP contribution is -2.55. The van der Waals surface area contributed by atoms with E-state index < -0.39 is 0 Å². The van der Waals surface area contributed by atoms with Crippen molar-refractivity contribution < 1.29 is 9.47 Å². The number of benzene rings is 1. The molecule has 1 heterocycles. The monoisotopic (exact) mass is 301 g/mol. The molecule has 1 aromatic rings. The van der Waals surface area contributed by atoms with E-state index in [1.54, 1.807) is 7.11 Å². The summed E-state index contributed by atoms with van der Waals surface area (Å²) in [6.07, 6.45) is 3.49. The molecule has 2 aliphatic rings. The van der Waals surface area contributed by atoms with Gasteiger partial charge in [-0.25, -0.2) is 0 Å². The largest absolute Gasteiger partial charge is 0.496 e.